The molecule has 2 nitrogen and oxygen atoms in total. The molecule has 0 aromatic rings. The second-order valence-corrected chi connectivity index (χ2v) is 4.28. The van der Waals surface area contributed by atoms with Gasteiger partial charge in [-0.2, -0.15) is 0 Å². The first kappa shape index (κ1) is 9.93. The van der Waals surface area contributed by atoms with Crippen LogP contribution in [0, 0.1) is 0 Å². The van der Waals surface area contributed by atoms with E-state index < -0.39 is 0 Å². The van der Waals surface area contributed by atoms with Gasteiger partial charge < -0.3 is 5.73 Å². The van der Waals surface area contributed by atoms with Crippen LogP contribution in [0.3, 0.4) is 0 Å². The second kappa shape index (κ2) is 5.70. The Morgan fingerprint density at radius 2 is 2.22 bits per heavy atom. The molecule has 9 heavy (non-hydrogen) atoms. The Hall–Kier alpha value is 0.930. The molecule has 0 rings (SSSR count). The van der Waals surface area contributed by atoms with E-state index in [1.54, 1.807) is 0 Å². The molecule has 2 N–H and O–H groups in total. The van der Waals surface area contributed by atoms with E-state index in [9.17, 15) is 4.79 Å². The number of rotatable bonds is 4. The zero-order valence-electron chi connectivity index (χ0n) is 4.94. The summed E-state index contributed by atoms with van der Waals surface area (Å²) in [7, 11) is 0. The van der Waals surface area contributed by atoms with Crippen molar-refractivity contribution in [3.63, 3.8) is 0 Å². The van der Waals surface area contributed by atoms with E-state index in [-0.39, 0.29) is 9.83 Å². The molecule has 0 aromatic heterocycles. The van der Waals surface area contributed by atoms with E-state index in [0.717, 1.165) is 17.3 Å². The Morgan fingerprint density at radius 1 is 1.67 bits per heavy atom. The zero-order chi connectivity index (χ0) is 7.28. The average Bonchev–Trinajstić information content (AvgIpc) is 1.82. The van der Waals surface area contributed by atoms with Crippen molar-refractivity contribution in [3.8, 4) is 0 Å². The van der Waals surface area contributed by atoms with E-state index in [4.69, 9.17) is 5.73 Å². The fraction of sp³-hybridized carbons (Fsp3) is 0.800. The Labute approximate surface area is 82.2 Å². The lowest BCUT2D eigenvalue weighted by atomic mass is 10.2. The van der Waals surface area contributed by atoms with E-state index in [0.29, 0.717) is 0 Å². The van der Waals surface area contributed by atoms with Crippen molar-refractivity contribution in [3.05, 3.63) is 0 Å². The molecular formula is C5H9I2NO. The molecule has 0 spiro atoms. The molecule has 4 heteroatoms. The molecule has 0 aliphatic rings. The quantitative estimate of drug-likeness (QED) is 0.604. The predicted molar refractivity (Wildman–Crippen MR) is 55.1 cm³/mol. The highest BCUT2D eigenvalue weighted by molar-refractivity contribution is 14.1. The summed E-state index contributed by atoms with van der Waals surface area (Å²) in [6.07, 6.45) is 2.00. The molecule has 0 aliphatic heterocycles. The lowest BCUT2D eigenvalue weighted by Gasteiger charge is -2.01. The van der Waals surface area contributed by atoms with Gasteiger partial charge in [-0.1, -0.05) is 45.2 Å². The number of hydrogen-bond acceptors (Lipinski definition) is 1. The maximum atomic E-state index is 10.4. The summed E-state index contributed by atoms with van der Waals surface area (Å²) in [6, 6.07) is 0. The zero-order valence-corrected chi connectivity index (χ0v) is 9.26. The summed E-state index contributed by atoms with van der Waals surface area (Å²) in [4.78, 5) is 10.4. The van der Waals surface area contributed by atoms with Crippen LogP contribution in [0.15, 0.2) is 0 Å². The molecular weight excluding hydrogens is 344 g/mol. The lowest BCUT2D eigenvalue weighted by Crippen LogP contribution is -2.22. The van der Waals surface area contributed by atoms with Crippen molar-refractivity contribution in [1.82, 2.24) is 0 Å². The lowest BCUT2D eigenvalue weighted by molar-refractivity contribution is -0.117. The summed E-state index contributed by atoms with van der Waals surface area (Å²) < 4.78 is 1.13. The van der Waals surface area contributed by atoms with Gasteiger partial charge >= 0.3 is 0 Å². The van der Waals surface area contributed by atoms with Crippen LogP contribution < -0.4 is 5.73 Å². The normalized spacial score (nSPS) is 13.1. The first-order valence-corrected chi connectivity index (χ1v) is 5.45. The van der Waals surface area contributed by atoms with Gasteiger partial charge in [-0.05, 0) is 17.3 Å². The van der Waals surface area contributed by atoms with E-state index in [1.165, 1.54) is 0 Å². The standard InChI is InChI=1S/C5H9I2NO/c6-3-1-2-4(7)5(8)9/h4H,1-3H2,(H2,8,9). The van der Waals surface area contributed by atoms with Crippen molar-refractivity contribution < 1.29 is 4.79 Å². The van der Waals surface area contributed by atoms with Gasteiger partial charge in [0.15, 0.2) is 0 Å². The largest absolute Gasteiger partial charge is 0.369 e. The maximum Gasteiger partial charge on any atom is 0.230 e. The maximum absolute atomic E-state index is 10.4. The predicted octanol–water partition coefficient (Wildman–Crippen LogP) is 1.49. The van der Waals surface area contributed by atoms with Crippen LogP contribution in [-0.4, -0.2) is 14.3 Å². The summed E-state index contributed by atoms with van der Waals surface area (Å²) in [5, 5.41) is 0. The molecule has 0 bridgehead atoms. The Balaban J connectivity index is 3.27. The van der Waals surface area contributed by atoms with Crippen molar-refractivity contribution >= 4 is 51.1 Å². The van der Waals surface area contributed by atoms with Crippen molar-refractivity contribution in [1.29, 1.82) is 0 Å². The Morgan fingerprint density at radius 3 is 2.56 bits per heavy atom. The molecule has 0 fully saturated rings. The number of hydrogen-bond donors (Lipinski definition) is 1. The molecule has 1 amide bonds. The number of carbonyl (C=O) groups is 1. The second-order valence-electron chi connectivity index (χ2n) is 1.70. The number of carbonyl (C=O) groups excluding carboxylic acids is 1. The molecule has 1 atom stereocenters. The van der Waals surface area contributed by atoms with Crippen LogP contribution in [0.5, 0.6) is 0 Å². The SMILES string of the molecule is NC(=O)C(I)CCCI. The highest BCUT2D eigenvalue weighted by atomic mass is 127. The van der Waals surface area contributed by atoms with Gasteiger partial charge in [-0.3, -0.25) is 4.79 Å². The minimum atomic E-state index is -0.194. The summed E-state index contributed by atoms with van der Waals surface area (Å²) in [5.74, 6) is -0.194. The average molecular weight is 353 g/mol. The van der Waals surface area contributed by atoms with Crippen LogP contribution >= 0.6 is 45.2 Å². The van der Waals surface area contributed by atoms with Gasteiger partial charge in [0.1, 0.15) is 0 Å². The Kier molecular flexibility index (Phi) is 6.28. The van der Waals surface area contributed by atoms with E-state index >= 15 is 0 Å². The number of amides is 1. The van der Waals surface area contributed by atoms with Gasteiger partial charge in [0, 0.05) is 0 Å². The smallest absolute Gasteiger partial charge is 0.230 e. The first-order chi connectivity index (χ1) is 4.18. The molecule has 54 valence electrons. The Bertz CT molecular complexity index is 97.0. The van der Waals surface area contributed by atoms with Crippen LogP contribution in [0.25, 0.3) is 0 Å². The van der Waals surface area contributed by atoms with Crippen LogP contribution in [-0.2, 0) is 4.79 Å². The molecule has 0 saturated heterocycles. The fourth-order valence-corrected chi connectivity index (χ4v) is 1.28. The van der Waals surface area contributed by atoms with Gasteiger partial charge in [-0.25, -0.2) is 0 Å². The number of halogens is 2. The van der Waals surface area contributed by atoms with Crippen molar-refractivity contribution in [2.45, 2.75) is 16.8 Å². The van der Waals surface area contributed by atoms with E-state index in [1.807, 2.05) is 0 Å². The summed E-state index contributed by atoms with van der Waals surface area (Å²) >= 11 is 4.37. The molecule has 1 unspecified atom stereocenters. The topological polar surface area (TPSA) is 43.1 Å². The van der Waals surface area contributed by atoms with E-state index in [2.05, 4.69) is 45.2 Å². The molecule has 0 radical (unpaired) electrons. The van der Waals surface area contributed by atoms with Crippen LogP contribution in [0.2, 0.25) is 0 Å². The van der Waals surface area contributed by atoms with Crippen LogP contribution in [0.4, 0.5) is 0 Å². The third kappa shape index (κ3) is 5.38. The van der Waals surface area contributed by atoms with Gasteiger partial charge in [0.2, 0.25) is 5.91 Å². The summed E-state index contributed by atoms with van der Waals surface area (Å²) in [6.45, 7) is 0. The van der Waals surface area contributed by atoms with Crippen LogP contribution in [0.1, 0.15) is 12.8 Å². The van der Waals surface area contributed by atoms with Crippen molar-refractivity contribution in [2.75, 3.05) is 4.43 Å². The third-order valence-corrected chi connectivity index (χ3v) is 2.90. The molecule has 0 saturated carbocycles. The third-order valence-electron chi connectivity index (χ3n) is 0.900. The molecule has 0 heterocycles. The first-order valence-electron chi connectivity index (χ1n) is 2.68. The monoisotopic (exact) mass is 353 g/mol. The number of nitrogens with two attached hydrogens (primary N) is 1. The summed E-state index contributed by atoms with van der Waals surface area (Å²) in [5.41, 5.74) is 5.03. The molecule has 0 aromatic carbocycles. The van der Waals surface area contributed by atoms with Gasteiger partial charge in [0.25, 0.3) is 0 Å². The van der Waals surface area contributed by atoms with Gasteiger partial charge in [0.05, 0.1) is 3.92 Å². The minimum Gasteiger partial charge on any atom is -0.369 e. The molecule has 0 aliphatic carbocycles. The van der Waals surface area contributed by atoms with Gasteiger partial charge in [-0.15, -0.1) is 0 Å². The number of primary amides is 1. The highest BCUT2D eigenvalue weighted by Gasteiger charge is 2.08. The number of alkyl halides is 2. The fourth-order valence-electron chi connectivity index (χ4n) is 0.399. The highest BCUT2D eigenvalue weighted by Crippen LogP contribution is 2.08. The van der Waals surface area contributed by atoms with Crippen molar-refractivity contribution in [2.24, 2.45) is 5.73 Å². The minimum absolute atomic E-state index is 0.0253.